The first kappa shape index (κ1) is 8.48. The van der Waals surface area contributed by atoms with Gasteiger partial charge in [0.05, 0.1) is 0 Å². The lowest BCUT2D eigenvalue weighted by Gasteiger charge is -2.19. The Balaban J connectivity index is 2.65. The number of aryl methyl sites for hydroxylation is 2. The van der Waals surface area contributed by atoms with Crippen LogP contribution >= 0.6 is 0 Å². The molecule has 3 heteroatoms. The number of nitrogen functional groups attached to an aromatic ring is 1. The molecule has 0 amide bonds. The van der Waals surface area contributed by atoms with Gasteiger partial charge in [0.1, 0.15) is 11.6 Å². The fraction of sp³-hybridized carbons (Fsp3) is 0.600. The molecule has 0 bridgehead atoms. The molecule has 0 aromatic carbocycles. The van der Waals surface area contributed by atoms with Gasteiger partial charge in [-0.05, 0) is 25.2 Å². The van der Waals surface area contributed by atoms with Crippen molar-refractivity contribution in [3.63, 3.8) is 0 Å². The largest absolute Gasteiger partial charge is 0.383 e. The van der Waals surface area contributed by atoms with Crippen LogP contribution in [0.15, 0.2) is 0 Å². The van der Waals surface area contributed by atoms with E-state index in [0.29, 0.717) is 5.82 Å². The predicted molar refractivity (Wildman–Crippen MR) is 52.5 cm³/mol. The van der Waals surface area contributed by atoms with Crippen molar-refractivity contribution in [2.24, 2.45) is 0 Å². The highest BCUT2D eigenvalue weighted by molar-refractivity contribution is 5.49. The first-order chi connectivity index (χ1) is 6.00. The molecule has 70 valence electrons. The Hall–Kier alpha value is -1.12. The quantitative estimate of drug-likeness (QED) is 0.654. The second-order valence-corrected chi connectivity index (χ2v) is 4.36. The molecule has 0 saturated heterocycles. The van der Waals surface area contributed by atoms with Gasteiger partial charge in [-0.25, -0.2) is 9.97 Å². The number of rotatable bonds is 0. The molecule has 0 spiro atoms. The molecule has 2 rings (SSSR count). The molecule has 0 atom stereocenters. The van der Waals surface area contributed by atoms with Crippen LogP contribution in [0.2, 0.25) is 0 Å². The Labute approximate surface area is 78.4 Å². The van der Waals surface area contributed by atoms with Crippen LogP contribution in [0.1, 0.15) is 37.4 Å². The van der Waals surface area contributed by atoms with Crippen LogP contribution in [0, 0.1) is 6.92 Å². The summed E-state index contributed by atoms with van der Waals surface area (Å²) >= 11 is 0. The van der Waals surface area contributed by atoms with Crippen molar-refractivity contribution in [2.75, 3.05) is 5.73 Å². The summed E-state index contributed by atoms with van der Waals surface area (Å²) in [6, 6.07) is 0. The zero-order valence-electron chi connectivity index (χ0n) is 8.39. The minimum Gasteiger partial charge on any atom is -0.383 e. The number of hydrogen-bond donors (Lipinski definition) is 1. The molecule has 0 saturated carbocycles. The lowest BCUT2D eigenvalue weighted by atomic mass is 9.87. The molecular formula is C10H15N3. The summed E-state index contributed by atoms with van der Waals surface area (Å²) in [4.78, 5) is 8.63. The minimum absolute atomic E-state index is 0.160. The van der Waals surface area contributed by atoms with Crippen molar-refractivity contribution in [3.8, 4) is 0 Å². The van der Waals surface area contributed by atoms with Crippen molar-refractivity contribution < 1.29 is 0 Å². The lowest BCUT2D eigenvalue weighted by Crippen LogP contribution is -2.16. The van der Waals surface area contributed by atoms with Gasteiger partial charge in [0, 0.05) is 11.3 Å². The first-order valence-corrected chi connectivity index (χ1v) is 4.64. The number of fused-ring (bicyclic) bond motifs is 1. The van der Waals surface area contributed by atoms with Gasteiger partial charge in [-0.1, -0.05) is 13.8 Å². The van der Waals surface area contributed by atoms with E-state index < -0.39 is 0 Å². The fourth-order valence-electron chi connectivity index (χ4n) is 2.13. The van der Waals surface area contributed by atoms with E-state index in [4.69, 9.17) is 5.73 Å². The van der Waals surface area contributed by atoms with Crippen LogP contribution in [0.3, 0.4) is 0 Å². The average molecular weight is 177 g/mol. The molecule has 3 nitrogen and oxygen atoms in total. The molecule has 1 aliphatic rings. The Morgan fingerprint density at radius 2 is 2.00 bits per heavy atom. The van der Waals surface area contributed by atoms with Gasteiger partial charge < -0.3 is 5.73 Å². The van der Waals surface area contributed by atoms with E-state index in [-0.39, 0.29) is 5.41 Å². The Morgan fingerprint density at radius 1 is 1.31 bits per heavy atom. The standard InChI is InChI=1S/C10H15N3/c1-6-12-7-4-5-10(2,3)8(7)9(11)13-6/h4-5H2,1-3H3,(H2,11,12,13). The predicted octanol–water partition coefficient (Wildman–Crippen LogP) is 1.59. The summed E-state index contributed by atoms with van der Waals surface area (Å²) in [6.07, 6.45) is 2.17. The number of aromatic nitrogens is 2. The van der Waals surface area contributed by atoms with Crippen LogP contribution < -0.4 is 5.73 Å². The van der Waals surface area contributed by atoms with Gasteiger partial charge in [-0.3, -0.25) is 0 Å². The number of nitrogens with two attached hydrogens (primary N) is 1. The number of hydrogen-bond acceptors (Lipinski definition) is 3. The van der Waals surface area contributed by atoms with Crippen molar-refractivity contribution in [1.82, 2.24) is 9.97 Å². The smallest absolute Gasteiger partial charge is 0.131 e. The first-order valence-electron chi connectivity index (χ1n) is 4.64. The van der Waals surface area contributed by atoms with E-state index in [1.165, 1.54) is 0 Å². The minimum atomic E-state index is 0.160. The van der Waals surface area contributed by atoms with Crippen LogP contribution in [0.4, 0.5) is 5.82 Å². The van der Waals surface area contributed by atoms with Gasteiger partial charge in [0.15, 0.2) is 0 Å². The molecule has 0 fully saturated rings. The lowest BCUT2D eigenvalue weighted by molar-refractivity contribution is 0.523. The molecule has 1 aromatic rings. The number of anilines is 1. The van der Waals surface area contributed by atoms with Crippen LogP contribution in [0.5, 0.6) is 0 Å². The Bertz CT molecular complexity index is 355. The maximum atomic E-state index is 5.90. The van der Waals surface area contributed by atoms with Crippen molar-refractivity contribution in [1.29, 1.82) is 0 Å². The van der Waals surface area contributed by atoms with Crippen LogP contribution in [0.25, 0.3) is 0 Å². The van der Waals surface area contributed by atoms with Crippen molar-refractivity contribution in [2.45, 2.75) is 39.0 Å². The maximum absolute atomic E-state index is 5.90. The Morgan fingerprint density at radius 3 is 2.69 bits per heavy atom. The summed E-state index contributed by atoms with van der Waals surface area (Å²) in [7, 11) is 0. The van der Waals surface area contributed by atoms with E-state index in [0.717, 1.165) is 29.9 Å². The van der Waals surface area contributed by atoms with Gasteiger partial charge in [0.2, 0.25) is 0 Å². The van der Waals surface area contributed by atoms with Crippen LogP contribution in [-0.4, -0.2) is 9.97 Å². The molecule has 2 N–H and O–H groups in total. The van der Waals surface area contributed by atoms with Gasteiger partial charge in [-0.15, -0.1) is 0 Å². The SMILES string of the molecule is Cc1nc(N)c2c(n1)CCC2(C)C. The molecule has 0 aliphatic heterocycles. The zero-order valence-corrected chi connectivity index (χ0v) is 8.39. The summed E-state index contributed by atoms with van der Waals surface area (Å²) in [6.45, 7) is 6.30. The number of nitrogens with zero attached hydrogens (tertiary/aromatic N) is 2. The second-order valence-electron chi connectivity index (χ2n) is 4.36. The third kappa shape index (κ3) is 1.19. The molecule has 1 heterocycles. The maximum Gasteiger partial charge on any atom is 0.131 e. The Kier molecular flexibility index (Phi) is 1.59. The van der Waals surface area contributed by atoms with E-state index in [2.05, 4.69) is 23.8 Å². The molecule has 13 heavy (non-hydrogen) atoms. The molecule has 1 aromatic heterocycles. The van der Waals surface area contributed by atoms with E-state index in [9.17, 15) is 0 Å². The normalized spacial score (nSPS) is 18.7. The van der Waals surface area contributed by atoms with Crippen LogP contribution in [-0.2, 0) is 11.8 Å². The highest BCUT2D eigenvalue weighted by Crippen LogP contribution is 2.39. The second kappa shape index (κ2) is 2.44. The molecule has 1 aliphatic carbocycles. The fourth-order valence-corrected chi connectivity index (χ4v) is 2.13. The monoisotopic (exact) mass is 177 g/mol. The average Bonchev–Trinajstić information content (AvgIpc) is 2.26. The van der Waals surface area contributed by atoms with E-state index in [1.807, 2.05) is 6.92 Å². The highest BCUT2D eigenvalue weighted by Gasteiger charge is 2.33. The highest BCUT2D eigenvalue weighted by atomic mass is 15.0. The topological polar surface area (TPSA) is 51.8 Å². The van der Waals surface area contributed by atoms with E-state index >= 15 is 0 Å². The zero-order chi connectivity index (χ0) is 9.64. The molecule has 0 unspecified atom stereocenters. The molecular weight excluding hydrogens is 162 g/mol. The molecule has 0 radical (unpaired) electrons. The van der Waals surface area contributed by atoms with Gasteiger partial charge >= 0.3 is 0 Å². The summed E-state index contributed by atoms with van der Waals surface area (Å²) in [5, 5.41) is 0. The van der Waals surface area contributed by atoms with Gasteiger partial charge in [-0.2, -0.15) is 0 Å². The van der Waals surface area contributed by atoms with Crippen molar-refractivity contribution >= 4 is 5.82 Å². The van der Waals surface area contributed by atoms with Crippen molar-refractivity contribution in [3.05, 3.63) is 17.1 Å². The summed E-state index contributed by atoms with van der Waals surface area (Å²) in [5.74, 6) is 1.46. The summed E-state index contributed by atoms with van der Waals surface area (Å²) < 4.78 is 0. The third-order valence-corrected chi connectivity index (χ3v) is 2.79. The van der Waals surface area contributed by atoms with E-state index in [1.54, 1.807) is 0 Å². The third-order valence-electron chi connectivity index (χ3n) is 2.79. The van der Waals surface area contributed by atoms with Gasteiger partial charge in [0.25, 0.3) is 0 Å². The summed E-state index contributed by atoms with van der Waals surface area (Å²) in [5.41, 5.74) is 8.37.